The van der Waals surface area contributed by atoms with Crippen LogP contribution in [0.5, 0.6) is 5.75 Å². The van der Waals surface area contributed by atoms with E-state index in [9.17, 15) is 9.59 Å². The molecule has 0 saturated carbocycles. The molecule has 2 fully saturated rings. The number of aromatic nitrogens is 1. The summed E-state index contributed by atoms with van der Waals surface area (Å²) < 4.78 is 10.6. The minimum absolute atomic E-state index is 0.0327. The van der Waals surface area contributed by atoms with Crippen LogP contribution >= 0.6 is 0 Å². The van der Waals surface area contributed by atoms with E-state index in [0.29, 0.717) is 18.7 Å². The summed E-state index contributed by atoms with van der Waals surface area (Å²) in [6.45, 7) is 2.71. The zero-order valence-corrected chi connectivity index (χ0v) is 16.2. The Balaban J connectivity index is 1.57. The van der Waals surface area contributed by atoms with Gasteiger partial charge in [0, 0.05) is 24.6 Å². The average Bonchev–Trinajstić information content (AvgIpc) is 3.12. The summed E-state index contributed by atoms with van der Waals surface area (Å²) in [4.78, 5) is 27.1. The fourth-order valence-electron chi connectivity index (χ4n) is 4.40. The normalized spacial score (nSPS) is 24.9. The van der Waals surface area contributed by atoms with E-state index in [1.807, 2.05) is 36.1 Å². The van der Waals surface area contributed by atoms with Gasteiger partial charge in [0.15, 0.2) is 0 Å². The number of amides is 2. The van der Waals surface area contributed by atoms with Gasteiger partial charge in [-0.2, -0.15) is 0 Å². The summed E-state index contributed by atoms with van der Waals surface area (Å²) in [5.74, 6) is 0.886. The van der Waals surface area contributed by atoms with Crippen molar-refractivity contribution in [2.75, 3.05) is 13.7 Å². The molecule has 2 aliphatic rings. The van der Waals surface area contributed by atoms with Crippen LogP contribution in [0, 0.1) is 0 Å². The minimum Gasteiger partial charge on any atom is -0.497 e. The largest absolute Gasteiger partial charge is 0.497 e. The monoisotopic (exact) mass is 383 g/mol. The van der Waals surface area contributed by atoms with Crippen molar-refractivity contribution in [2.24, 2.45) is 0 Å². The molecule has 3 heterocycles. The fourth-order valence-corrected chi connectivity index (χ4v) is 4.40. The summed E-state index contributed by atoms with van der Waals surface area (Å²) >= 11 is 0. The van der Waals surface area contributed by atoms with Crippen molar-refractivity contribution in [3.05, 3.63) is 36.1 Å². The molecule has 2 atom stereocenters. The summed E-state index contributed by atoms with van der Waals surface area (Å²) in [5, 5.41) is 7.22. The van der Waals surface area contributed by atoms with E-state index >= 15 is 0 Å². The SMILES string of the molecule is COc1ccc(-c2cc(C(=O)N3CCC[C@]4(C)NC(=O)CCC[C@H]34)on2)cc1. The molecule has 28 heavy (non-hydrogen) atoms. The number of piperidine rings is 1. The molecule has 1 N–H and O–H groups in total. The third kappa shape index (κ3) is 3.37. The first-order chi connectivity index (χ1) is 13.5. The Hall–Kier alpha value is -2.83. The molecule has 0 spiro atoms. The summed E-state index contributed by atoms with van der Waals surface area (Å²) in [5.41, 5.74) is 1.08. The quantitative estimate of drug-likeness (QED) is 0.881. The number of nitrogens with one attached hydrogen (secondary N) is 1. The molecule has 7 nitrogen and oxygen atoms in total. The van der Waals surface area contributed by atoms with Gasteiger partial charge in [-0.05, 0) is 56.9 Å². The third-order valence-electron chi connectivity index (χ3n) is 5.88. The fraction of sp³-hybridized carbons (Fsp3) is 0.476. The van der Waals surface area contributed by atoms with Crippen molar-refractivity contribution in [3.8, 4) is 17.0 Å². The zero-order chi connectivity index (χ0) is 19.7. The van der Waals surface area contributed by atoms with E-state index in [4.69, 9.17) is 9.26 Å². The van der Waals surface area contributed by atoms with E-state index in [1.54, 1.807) is 13.2 Å². The first-order valence-electron chi connectivity index (χ1n) is 9.73. The number of carbonyl (C=O) groups is 2. The van der Waals surface area contributed by atoms with Gasteiger partial charge in [-0.3, -0.25) is 9.59 Å². The number of fused-ring (bicyclic) bond motifs is 1. The van der Waals surface area contributed by atoms with E-state index < -0.39 is 0 Å². The molecule has 2 aliphatic heterocycles. The van der Waals surface area contributed by atoms with Crippen LogP contribution in [0.15, 0.2) is 34.9 Å². The van der Waals surface area contributed by atoms with Gasteiger partial charge in [-0.25, -0.2) is 0 Å². The Bertz CT molecular complexity index is 876. The van der Waals surface area contributed by atoms with E-state index in [2.05, 4.69) is 10.5 Å². The predicted molar refractivity (Wildman–Crippen MR) is 103 cm³/mol. The van der Waals surface area contributed by atoms with Gasteiger partial charge in [0.2, 0.25) is 11.7 Å². The molecule has 1 aromatic carbocycles. The second-order valence-corrected chi connectivity index (χ2v) is 7.78. The summed E-state index contributed by atoms with van der Waals surface area (Å²) in [7, 11) is 1.62. The molecule has 4 rings (SSSR count). The van der Waals surface area contributed by atoms with Gasteiger partial charge in [-0.15, -0.1) is 0 Å². The summed E-state index contributed by atoms with van der Waals surface area (Å²) in [6, 6.07) is 9.10. The molecule has 0 unspecified atom stereocenters. The first kappa shape index (κ1) is 18.5. The third-order valence-corrected chi connectivity index (χ3v) is 5.88. The Morgan fingerprint density at radius 2 is 2.11 bits per heavy atom. The van der Waals surface area contributed by atoms with Crippen LogP contribution < -0.4 is 10.1 Å². The molecular weight excluding hydrogens is 358 g/mol. The molecule has 0 bridgehead atoms. The second kappa shape index (κ2) is 7.30. The highest BCUT2D eigenvalue weighted by atomic mass is 16.5. The number of carbonyl (C=O) groups excluding carboxylic acids is 2. The van der Waals surface area contributed by atoms with E-state index in [0.717, 1.165) is 37.0 Å². The highest BCUT2D eigenvalue weighted by Gasteiger charge is 2.45. The van der Waals surface area contributed by atoms with Gasteiger partial charge in [0.05, 0.1) is 18.7 Å². The standard InChI is InChI=1S/C21H25N3O4/c1-21-11-4-12-24(18(21)5-3-6-19(25)22-21)20(26)17-13-16(23-28-17)14-7-9-15(27-2)10-8-14/h7-10,13,18H,3-6,11-12H2,1-2H3,(H,22,25)/t18-,21-/m0/s1. The van der Waals surface area contributed by atoms with Crippen LogP contribution in [0.3, 0.4) is 0 Å². The van der Waals surface area contributed by atoms with Crippen molar-refractivity contribution in [2.45, 2.75) is 50.6 Å². The minimum atomic E-state index is -0.389. The molecule has 2 saturated heterocycles. The van der Waals surface area contributed by atoms with Crippen LogP contribution in [0.4, 0.5) is 0 Å². The number of likely N-dealkylation sites (tertiary alicyclic amines) is 1. The lowest BCUT2D eigenvalue weighted by atomic mass is 9.81. The van der Waals surface area contributed by atoms with Gasteiger partial charge < -0.3 is 19.5 Å². The average molecular weight is 383 g/mol. The van der Waals surface area contributed by atoms with Crippen LogP contribution in [-0.4, -0.2) is 47.1 Å². The lowest BCUT2D eigenvalue weighted by Gasteiger charge is -2.47. The number of ether oxygens (including phenoxy) is 1. The van der Waals surface area contributed by atoms with Gasteiger partial charge >= 0.3 is 0 Å². The van der Waals surface area contributed by atoms with Crippen molar-refractivity contribution in [1.82, 2.24) is 15.4 Å². The molecule has 0 aliphatic carbocycles. The number of nitrogens with zero attached hydrogens (tertiary/aromatic N) is 2. The van der Waals surface area contributed by atoms with Crippen molar-refractivity contribution < 1.29 is 18.8 Å². The smallest absolute Gasteiger partial charge is 0.292 e. The van der Waals surface area contributed by atoms with Crippen LogP contribution in [0.2, 0.25) is 0 Å². The number of benzene rings is 1. The first-order valence-corrected chi connectivity index (χ1v) is 9.73. The lowest BCUT2D eigenvalue weighted by molar-refractivity contribution is -0.123. The highest BCUT2D eigenvalue weighted by Crippen LogP contribution is 2.34. The van der Waals surface area contributed by atoms with E-state index in [1.165, 1.54) is 0 Å². The van der Waals surface area contributed by atoms with Gasteiger partial charge in [-0.1, -0.05) is 5.16 Å². The van der Waals surface area contributed by atoms with Crippen LogP contribution in [0.1, 0.15) is 49.6 Å². The zero-order valence-electron chi connectivity index (χ0n) is 16.2. The maximum absolute atomic E-state index is 13.2. The molecule has 0 radical (unpaired) electrons. The number of hydrogen-bond donors (Lipinski definition) is 1. The number of rotatable bonds is 3. The molecule has 148 valence electrons. The predicted octanol–water partition coefficient (Wildman–Crippen LogP) is 3.01. The summed E-state index contributed by atoms with van der Waals surface area (Å²) in [6.07, 6.45) is 3.82. The van der Waals surface area contributed by atoms with Crippen LogP contribution in [-0.2, 0) is 4.79 Å². The van der Waals surface area contributed by atoms with Crippen LogP contribution in [0.25, 0.3) is 11.3 Å². The van der Waals surface area contributed by atoms with Gasteiger partial charge in [0.1, 0.15) is 11.4 Å². The van der Waals surface area contributed by atoms with Gasteiger partial charge in [0.25, 0.3) is 5.91 Å². The number of methoxy groups -OCH3 is 1. The van der Waals surface area contributed by atoms with Crippen molar-refractivity contribution in [1.29, 1.82) is 0 Å². The Labute approximate surface area is 164 Å². The Morgan fingerprint density at radius 1 is 1.32 bits per heavy atom. The molecule has 2 amide bonds. The van der Waals surface area contributed by atoms with E-state index in [-0.39, 0.29) is 29.2 Å². The maximum atomic E-state index is 13.2. The second-order valence-electron chi connectivity index (χ2n) is 7.78. The maximum Gasteiger partial charge on any atom is 0.292 e. The van der Waals surface area contributed by atoms with Crippen molar-refractivity contribution in [3.63, 3.8) is 0 Å². The van der Waals surface area contributed by atoms with Crippen molar-refractivity contribution >= 4 is 11.8 Å². The molecule has 2 aromatic rings. The molecular formula is C21H25N3O4. The molecule has 1 aromatic heterocycles. The highest BCUT2D eigenvalue weighted by molar-refractivity contribution is 5.93. The Kier molecular flexibility index (Phi) is 4.83. The topological polar surface area (TPSA) is 84.7 Å². The Morgan fingerprint density at radius 3 is 2.86 bits per heavy atom. The molecule has 7 heteroatoms. The lowest BCUT2D eigenvalue weighted by Crippen LogP contribution is -2.63. The number of hydrogen-bond acceptors (Lipinski definition) is 5.